The van der Waals surface area contributed by atoms with Crippen molar-refractivity contribution in [1.82, 2.24) is 0 Å². The molecule has 0 radical (unpaired) electrons. The van der Waals surface area contributed by atoms with Gasteiger partial charge >= 0.3 is 12.1 Å². The summed E-state index contributed by atoms with van der Waals surface area (Å²) >= 11 is 0. The maximum absolute atomic E-state index is 11.7. The number of carboxylic acid groups (broad SMARTS) is 1. The number of nitrogens with one attached hydrogen (secondary N) is 1. The molecule has 0 aliphatic carbocycles. The third-order valence-corrected chi connectivity index (χ3v) is 2.66. The molecule has 2 aromatic carbocycles. The second-order valence-electron chi connectivity index (χ2n) is 4.16. The van der Waals surface area contributed by atoms with Crippen molar-refractivity contribution in [3.8, 4) is 5.75 Å². The van der Waals surface area contributed by atoms with Crippen molar-refractivity contribution in [2.45, 2.75) is 6.92 Å². The van der Waals surface area contributed by atoms with Gasteiger partial charge in [0.1, 0.15) is 5.75 Å². The first kappa shape index (κ1) is 13.6. The Kier molecular flexibility index (Phi) is 4.00. The van der Waals surface area contributed by atoms with Crippen LogP contribution < -0.4 is 10.1 Å². The SMILES string of the molecule is Cc1cc(C(=O)O)ccc1NC(=O)Oc1ccccc1. The summed E-state index contributed by atoms with van der Waals surface area (Å²) in [6.45, 7) is 1.71. The Morgan fingerprint density at radius 1 is 1.10 bits per heavy atom. The van der Waals surface area contributed by atoms with E-state index < -0.39 is 12.1 Å². The van der Waals surface area contributed by atoms with E-state index >= 15 is 0 Å². The van der Waals surface area contributed by atoms with Crippen LogP contribution in [0.4, 0.5) is 10.5 Å². The van der Waals surface area contributed by atoms with Crippen molar-refractivity contribution in [2.75, 3.05) is 5.32 Å². The molecule has 20 heavy (non-hydrogen) atoms. The molecule has 0 saturated carbocycles. The van der Waals surface area contributed by atoms with Crippen LogP contribution in [0.25, 0.3) is 0 Å². The van der Waals surface area contributed by atoms with E-state index in [1.165, 1.54) is 18.2 Å². The van der Waals surface area contributed by atoms with Crippen LogP contribution in [0.3, 0.4) is 0 Å². The molecule has 0 aliphatic heterocycles. The summed E-state index contributed by atoms with van der Waals surface area (Å²) in [4.78, 5) is 22.5. The topological polar surface area (TPSA) is 75.6 Å². The molecule has 0 bridgehead atoms. The van der Waals surface area contributed by atoms with Gasteiger partial charge in [0.25, 0.3) is 0 Å². The molecule has 0 unspecified atom stereocenters. The van der Waals surface area contributed by atoms with Gasteiger partial charge in [0.05, 0.1) is 5.56 Å². The molecule has 2 N–H and O–H groups in total. The molecule has 0 heterocycles. The van der Waals surface area contributed by atoms with Crippen LogP contribution in [-0.2, 0) is 0 Å². The maximum atomic E-state index is 11.7. The number of para-hydroxylation sites is 1. The molecule has 2 rings (SSSR count). The molecule has 5 nitrogen and oxygen atoms in total. The smallest absolute Gasteiger partial charge is 0.417 e. The second-order valence-corrected chi connectivity index (χ2v) is 4.16. The number of carbonyl (C=O) groups is 2. The van der Waals surface area contributed by atoms with Crippen molar-refractivity contribution in [2.24, 2.45) is 0 Å². The van der Waals surface area contributed by atoms with E-state index in [9.17, 15) is 9.59 Å². The summed E-state index contributed by atoms with van der Waals surface area (Å²) in [5.74, 6) is -0.573. The van der Waals surface area contributed by atoms with E-state index in [0.717, 1.165) is 0 Å². The molecular weight excluding hydrogens is 258 g/mol. The number of carbonyl (C=O) groups excluding carboxylic acids is 1. The number of aryl methyl sites for hydroxylation is 1. The monoisotopic (exact) mass is 271 g/mol. The van der Waals surface area contributed by atoms with Gasteiger partial charge in [0, 0.05) is 5.69 Å². The minimum atomic E-state index is -1.01. The zero-order valence-corrected chi connectivity index (χ0v) is 10.8. The quantitative estimate of drug-likeness (QED) is 0.898. The summed E-state index contributed by atoms with van der Waals surface area (Å²) in [6, 6.07) is 13.1. The lowest BCUT2D eigenvalue weighted by Crippen LogP contribution is -2.17. The molecule has 2 aromatic rings. The number of aromatic carboxylic acids is 1. The van der Waals surface area contributed by atoms with Crippen LogP contribution in [0.1, 0.15) is 15.9 Å². The molecule has 0 atom stereocenters. The molecule has 5 heteroatoms. The Morgan fingerprint density at radius 2 is 1.80 bits per heavy atom. The summed E-state index contributed by atoms with van der Waals surface area (Å²) in [5, 5.41) is 11.4. The van der Waals surface area contributed by atoms with E-state index in [1.807, 2.05) is 6.07 Å². The van der Waals surface area contributed by atoms with Crippen molar-refractivity contribution in [3.05, 3.63) is 59.7 Å². The first-order chi connectivity index (χ1) is 9.56. The van der Waals surface area contributed by atoms with Gasteiger partial charge in [-0.3, -0.25) is 5.32 Å². The number of hydrogen-bond acceptors (Lipinski definition) is 3. The average molecular weight is 271 g/mol. The predicted molar refractivity (Wildman–Crippen MR) is 74.2 cm³/mol. The molecule has 0 aromatic heterocycles. The maximum Gasteiger partial charge on any atom is 0.417 e. The highest BCUT2D eigenvalue weighted by atomic mass is 16.6. The van der Waals surface area contributed by atoms with Crippen LogP contribution in [0.2, 0.25) is 0 Å². The minimum Gasteiger partial charge on any atom is -0.478 e. The van der Waals surface area contributed by atoms with Crippen LogP contribution in [0.15, 0.2) is 48.5 Å². The van der Waals surface area contributed by atoms with Gasteiger partial charge in [-0.15, -0.1) is 0 Å². The highest BCUT2D eigenvalue weighted by Crippen LogP contribution is 2.17. The Balaban J connectivity index is 2.06. The molecule has 0 fully saturated rings. The van der Waals surface area contributed by atoms with Crippen LogP contribution in [0.5, 0.6) is 5.75 Å². The van der Waals surface area contributed by atoms with Crippen molar-refractivity contribution in [1.29, 1.82) is 0 Å². The number of rotatable bonds is 3. The standard InChI is InChI=1S/C15H13NO4/c1-10-9-11(14(17)18)7-8-13(10)16-15(19)20-12-5-3-2-4-6-12/h2-9H,1H3,(H,16,19)(H,17,18). The van der Waals surface area contributed by atoms with E-state index in [1.54, 1.807) is 31.2 Å². The molecule has 102 valence electrons. The van der Waals surface area contributed by atoms with E-state index in [-0.39, 0.29) is 5.56 Å². The lowest BCUT2D eigenvalue weighted by Gasteiger charge is -2.09. The second kappa shape index (κ2) is 5.88. The van der Waals surface area contributed by atoms with Gasteiger partial charge in [0.2, 0.25) is 0 Å². The van der Waals surface area contributed by atoms with Crippen LogP contribution in [0, 0.1) is 6.92 Å². The molecule has 1 amide bonds. The number of anilines is 1. The highest BCUT2D eigenvalue weighted by molar-refractivity contribution is 5.91. The van der Waals surface area contributed by atoms with Crippen molar-refractivity contribution in [3.63, 3.8) is 0 Å². The summed E-state index contributed by atoms with van der Waals surface area (Å²) < 4.78 is 5.08. The van der Waals surface area contributed by atoms with Crippen molar-refractivity contribution >= 4 is 17.7 Å². The van der Waals surface area contributed by atoms with Gasteiger partial charge in [-0.25, -0.2) is 9.59 Å². The number of hydrogen-bond donors (Lipinski definition) is 2. The average Bonchev–Trinajstić information content (AvgIpc) is 2.42. The number of ether oxygens (including phenoxy) is 1. The third-order valence-electron chi connectivity index (χ3n) is 2.66. The fraction of sp³-hybridized carbons (Fsp3) is 0.0667. The lowest BCUT2D eigenvalue weighted by atomic mass is 10.1. The van der Waals surface area contributed by atoms with Gasteiger partial charge in [-0.05, 0) is 42.8 Å². The number of benzene rings is 2. The Hall–Kier alpha value is -2.82. The molecule has 0 spiro atoms. The normalized spacial score (nSPS) is 9.85. The molecule has 0 saturated heterocycles. The number of carboxylic acids is 1. The third kappa shape index (κ3) is 3.35. The fourth-order valence-corrected chi connectivity index (χ4v) is 1.67. The van der Waals surface area contributed by atoms with Crippen molar-refractivity contribution < 1.29 is 19.4 Å². The zero-order valence-electron chi connectivity index (χ0n) is 10.8. The van der Waals surface area contributed by atoms with Crippen LogP contribution >= 0.6 is 0 Å². The number of amides is 1. The Bertz CT molecular complexity index is 638. The first-order valence-electron chi connectivity index (χ1n) is 5.94. The zero-order chi connectivity index (χ0) is 14.5. The van der Waals surface area contributed by atoms with Gasteiger partial charge in [-0.1, -0.05) is 18.2 Å². The van der Waals surface area contributed by atoms with E-state index in [2.05, 4.69) is 5.32 Å². The van der Waals surface area contributed by atoms with Gasteiger partial charge in [0.15, 0.2) is 0 Å². The first-order valence-corrected chi connectivity index (χ1v) is 5.94. The summed E-state index contributed by atoms with van der Waals surface area (Å²) in [7, 11) is 0. The Labute approximate surface area is 115 Å². The van der Waals surface area contributed by atoms with E-state index in [0.29, 0.717) is 17.0 Å². The minimum absolute atomic E-state index is 0.171. The van der Waals surface area contributed by atoms with Gasteiger partial charge in [-0.2, -0.15) is 0 Å². The Morgan fingerprint density at radius 3 is 2.40 bits per heavy atom. The van der Waals surface area contributed by atoms with Crippen LogP contribution in [-0.4, -0.2) is 17.2 Å². The lowest BCUT2D eigenvalue weighted by molar-refractivity contribution is 0.0697. The molecular formula is C15H13NO4. The van der Waals surface area contributed by atoms with E-state index in [4.69, 9.17) is 9.84 Å². The fourth-order valence-electron chi connectivity index (χ4n) is 1.67. The summed E-state index contributed by atoms with van der Waals surface area (Å²) in [6.07, 6.45) is -0.623. The predicted octanol–water partition coefficient (Wildman–Crippen LogP) is 3.30. The molecule has 0 aliphatic rings. The summed E-state index contributed by atoms with van der Waals surface area (Å²) in [5.41, 5.74) is 1.33. The highest BCUT2D eigenvalue weighted by Gasteiger charge is 2.09. The largest absolute Gasteiger partial charge is 0.478 e. The van der Waals surface area contributed by atoms with Gasteiger partial charge < -0.3 is 9.84 Å².